The maximum Gasteiger partial charge on any atom is 0.230 e. The number of anilines is 2. The van der Waals surface area contributed by atoms with E-state index < -0.39 is 0 Å². The zero-order valence-corrected chi connectivity index (χ0v) is 19.9. The summed E-state index contributed by atoms with van der Waals surface area (Å²) in [6, 6.07) is 19.1. The van der Waals surface area contributed by atoms with Crippen molar-refractivity contribution in [2.45, 2.75) is 43.1 Å². The van der Waals surface area contributed by atoms with E-state index in [4.69, 9.17) is 0 Å². The summed E-state index contributed by atoms with van der Waals surface area (Å²) in [5.74, 6) is 0.431. The first kappa shape index (κ1) is 22.8. The quantitative estimate of drug-likeness (QED) is 0.444. The van der Waals surface area contributed by atoms with Crippen molar-refractivity contribution in [1.82, 2.24) is 20.4 Å². The minimum absolute atomic E-state index is 0.0661. The zero-order valence-electron chi connectivity index (χ0n) is 18.3. The maximum absolute atomic E-state index is 12.4. The van der Waals surface area contributed by atoms with Gasteiger partial charge in [0, 0.05) is 31.4 Å². The Morgan fingerprint density at radius 3 is 2.53 bits per heavy atom. The van der Waals surface area contributed by atoms with Crippen LogP contribution in [-0.2, 0) is 17.8 Å². The van der Waals surface area contributed by atoms with E-state index in [0.717, 1.165) is 54.1 Å². The van der Waals surface area contributed by atoms with Gasteiger partial charge in [0.1, 0.15) is 0 Å². The number of thioether (sulfide) groups is 1. The van der Waals surface area contributed by atoms with Crippen molar-refractivity contribution >= 4 is 39.8 Å². The van der Waals surface area contributed by atoms with Crippen LogP contribution in [-0.4, -0.2) is 45.9 Å². The molecular weight excluding hydrogens is 438 g/mol. The second kappa shape index (κ2) is 11.4. The standard InChI is InChI=1S/C24H29N5OS2/c1-2-18-8-10-20(11-9-18)26-23-27-28-24(32-23)31-17-22(30)25-21-12-14-29(15-13-21)16-19-6-4-3-5-7-19/h3-11,21H,2,12-17H2,1H3,(H,25,30)(H,26,27). The zero-order chi connectivity index (χ0) is 22.2. The minimum atomic E-state index is 0.0661. The number of likely N-dealkylation sites (tertiary alicyclic amines) is 1. The number of piperidine rings is 1. The Morgan fingerprint density at radius 2 is 1.81 bits per heavy atom. The third kappa shape index (κ3) is 6.79. The lowest BCUT2D eigenvalue weighted by atomic mass is 10.0. The van der Waals surface area contributed by atoms with Gasteiger partial charge in [-0.3, -0.25) is 9.69 Å². The maximum atomic E-state index is 12.4. The van der Waals surface area contributed by atoms with E-state index in [0.29, 0.717) is 5.75 Å². The number of rotatable bonds is 9. The highest BCUT2D eigenvalue weighted by Crippen LogP contribution is 2.27. The molecule has 32 heavy (non-hydrogen) atoms. The summed E-state index contributed by atoms with van der Waals surface area (Å²) in [5.41, 5.74) is 3.64. The Hall–Kier alpha value is -2.42. The Kier molecular flexibility index (Phi) is 8.14. The molecule has 0 saturated carbocycles. The monoisotopic (exact) mass is 467 g/mol. The summed E-state index contributed by atoms with van der Waals surface area (Å²) in [6.45, 7) is 5.14. The molecule has 2 heterocycles. The molecular formula is C24H29N5OS2. The molecule has 0 unspecified atom stereocenters. The molecule has 1 saturated heterocycles. The van der Waals surface area contributed by atoms with Crippen molar-refractivity contribution in [3.8, 4) is 0 Å². The molecule has 2 N–H and O–H groups in total. The molecule has 1 fully saturated rings. The largest absolute Gasteiger partial charge is 0.353 e. The lowest BCUT2D eigenvalue weighted by molar-refractivity contribution is -0.119. The Bertz CT molecular complexity index is 985. The number of benzene rings is 2. The molecule has 168 valence electrons. The van der Waals surface area contributed by atoms with Gasteiger partial charge in [-0.25, -0.2) is 0 Å². The van der Waals surface area contributed by atoms with Crippen LogP contribution in [0.1, 0.15) is 30.9 Å². The van der Waals surface area contributed by atoms with Crippen LogP contribution in [0.25, 0.3) is 0 Å². The van der Waals surface area contributed by atoms with E-state index in [-0.39, 0.29) is 11.9 Å². The first-order valence-electron chi connectivity index (χ1n) is 11.1. The predicted molar refractivity (Wildman–Crippen MR) is 133 cm³/mol. The molecule has 6 nitrogen and oxygen atoms in total. The van der Waals surface area contributed by atoms with Gasteiger partial charge < -0.3 is 10.6 Å². The molecule has 0 bridgehead atoms. The number of carbonyl (C=O) groups excluding carboxylic acids is 1. The lowest BCUT2D eigenvalue weighted by Crippen LogP contribution is -2.44. The number of amides is 1. The smallest absolute Gasteiger partial charge is 0.230 e. The number of hydrogen-bond donors (Lipinski definition) is 2. The molecule has 1 aliphatic rings. The molecule has 3 aromatic rings. The minimum Gasteiger partial charge on any atom is -0.353 e. The predicted octanol–water partition coefficient (Wildman–Crippen LogP) is 4.72. The second-order valence-electron chi connectivity index (χ2n) is 7.94. The molecule has 0 spiro atoms. The fraction of sp³-hybridized carbons (Fsp3) is 0.375. The topological polar surface area (TPSA) is 70.1 Å². The summed E-state index contributed by atoms with van der Waals surface area (Å²) in [7, 11) is 0. The average molecular weight is 468 g/mol. The van der Waals surface area contributed by atoms with E-state index in [1.54, 1.807) is 0 Å². The molecule has 0 radical (unpaired) electrons. The van der Waals surface area contributed by atoms with Crippen molar-refractivity contribution < 1.29 is 4.79 Å². The molecule has 1 aromatic heterocycles. The van der Waals surface area contributed by atoms with E-state index in [9.17, 15) is 4.79 Å². The van der Waals surface area contributed by atoms with Gasteiger partial charge in [-0.1, -0.05) is 72.5 Å². The van der Waals surface area contributed by atoms with Crippen LogP contribution in [0.15, 0.2) is 58.9 Å². The van der Waals surface area contributed by atoms with Crippen LogP contribution in [0.4, 0.5) is 10.8 Å². The SMILES string of the molecule is CCc1ccc(Nc2nnc(SCC(=O)NC3CCN(Cc4ccccc4)CC3)s2)cc1. The summed E-state index contributed by atoms with van der Waals surface area (Å²) < 4.78 is 0.797. The normalized spacial score (nSPS) is 14.9. The van der Waals surface area contributed by atoms with Crippen LogP contribution in [0.3, 0.4) is 0 Å². The molecule has 1 amide bonds. The summed E-state index contributed by atoms with van der Waals surface area (Å²) in [6.07, 6.45) is 3.01. The van der Waals surface area contributed by atoms with Crippen LogP contribution in [0.5, 0.6) is 0 Å². The first-order valence-corrected chi connectivity index (χ1v) is 12.9. The third-order valence-corrected chi connectivity index (χ3v) is 7.52. The number of aryl methyl sites for hydroxylation is 1. The van der Waals surface area contributed by atoms with Gasteiger partial charge in [-0.15, -0.1) is 10.2 Å². The first-order chi connectivity index (χ1) is 15.7. The Morgan fingerprint density at radius 1 is 1.06 bits per heavy atom. The average Bonchev–Trinajstić information content (AvgIpc) is 3.27. The number of nitrogens with one attached hydrogen (secondary N) is 2. The summed E-state index contributed by atoms with van der Waals surface area (Å²) >= 11 is 2.91. The highest BCUT2D eigenvalue weighted by Gasteiger charge is 2.21. The van der Waals surface area contributed by atoms with Gasteiger partial charge in [0.05, 0.1) is 5.75 Å². The van der Waals surface area contributed by atoms with Crippen molar-refractivity contribution in [1.29, 1.82) is 0 Å². The molecule has 0 atom stereocenters. The van der Waals surface area contributed by atoms with E-state index >= 15 is 0 Å². The van der Waals surface area contributed by atoms with Crippen LogP contribution in [0, 0.1) is 0 Å². The van der Waals surface area contributed by atoms with Crippen LogP contribution >= 0.6 is 23.1 Å². The number of nitrogens with zero attached hydrogens (tertiary/aromatic N) is 3. The van der Waals surface area contributed by atoms with Gasteiger partial charge in [0.25, 0.3) is 0 Å². The molecule has 0 aliphatic carbocycles. The molecule has 2 aromatic carbocycles. The summed E-state index contributed by atoms with van der Waals surface area (Å²) in [4.78, 5) is 14.9. The Balaban J connectivity index is 1.16. The van der Waals surface area contributed by atoms with Gasteiger partial charge in [0.15, 0.2) is 4.34 Å². The number of aromatic nitrogens is 2. The molecule has 1 aliphatic heterocycles. The van der Waals surface area contributed by atoms with Crippen molar-refractivity contribution in [3.63, 3.8) is 0 Å². The molecule has 8 heteroatoms. The summed E-state index contributed by atoms with van der Waals surface area (Å²) in [5, 5.41) is 15.6. The molecule has 4 rings (SSSR count). The Labute approximate surface area is 197 Å². The third-order valence-electron chi connectivity index (χ3n) is 5.55. The van der Waals surface area contributed by atoms with Gasteiger partial charge >= 0.3 is 0 Å². The lowest BCUT2D eigenvalue weighted by Gasteiger charge is -2.32. The van der Waals surface area contributed by atoms with Gasteiger partial charge in [-0.2, -0.15) is 0 Å². The van der Waals surface area contributed by atoms with Crippen molar-refractivity contribution in [2.24, 2.45) is 0 Å². The van der Waals surface area contributed by atoms with E-state index in [2.05, 4.69) is 69.1 Å². The van der Waals surface area contributed by atoms with E-state index in [1.807, 2.05) is 18.2 Å². The number of carbonyl (C=O) groups is 1. The fourth-order valence-corrected chi connectivity index (χ4v) is 5.32. The van der Waals surface area contributed by atoms with E-state index in [1.165, 1.54) is 34.2 Å². The number of hydrogen-bond acceptors (Lipinski definition) is 7. The van der Waals surface area contributed by atoms with Crippen LogP contribution in [0.2, 0.25) is 0 Å². The van der Waals surface area contributed by atoms with Gasteiger partial charge in [-0.05, 0) is 42.5 Å². The second-order valence-corrected chi connectivity index (χ2v) is 10.1. The van der Waals surface area contributed by atoms with Crippen molar-refractivity contribution in [2.75, 3.05) is 24.2 Å². The van der Waals surface area contributed by atoms with Crippen molar-refractivity contribution in [3.05, 3.63) is 65.7 Å². The highest BCUT2D eigenvalue weighted by atomic mass is 32.2. The highest BCUT2D eigenvalue weighted by molar-refractivity contribution is 8.01. The van der Waals surface area contributed by atoms with Crippen LogP contribution < -0.4 is 10.6 Å². The van der Waals surface area contributed by atoms with Gasteiger partial charge in [0.2, 0.25) is 11.0 Å². The fourth-order valence-electron chi connectivity index (χ4n) is 3.74.